The van der Waals surface area contributed by atoms with Crippen molar-refractivity contribution in [3.8, 4) is 0 Å². The first-order valence-electron chi connectivity index (χ1n) is 8.93. The molecular weight excluding hydrogens is 346 g/mol. The highest BCUT2D eigenvalue weighted by Gasteiger charge is 2.17. The summed E-state index contributed by atoms with van der Waals surface area (Å²) in [6.45, 7) is 1.31. The van der Waals surface area contributed by atoms with Crippen LogP contribution in [0.3, 0.4) is 0 Å². The van der Waals surface area contributed by atoms with Gasteiger partial charge >= 0.3 is 0 Å². The van der Waals surface area contributed by atoms with E-state index >= 15 is 0 Å². The van der Waals surface area contributed by atoms with E-state index in [0.29, 0.717) is 23.0 Å². The van der Waals surface area contributed by atoms with Gasteiger partial charge in [0.05, 0.1) is 10.9 Å². The summed E-state index contributed by atoms with van der Waals surface area (Å²) in [6.07, 6.45) is 4.02. The fourth-order valence-electron chi connectivity index (χ4n) is 3.50. The monoisotopic (exact) mass is 367 g/mol. The Bertz CT molecular complexity index is 1010. The minimum absolute atomic E-state index is 0.0116. The van der Waals surface area contributed by atoms with Crippen molar-refractivity contribution in [1.82, 2.24) is 14.5 Å². The summed E-state index contributed by atoms with van der Waals surface area (Å²) in [5, 5.41) is 4.64. The first-order valence-corrected chi connectivity index (χ1v) is 9.88. The molecule has 0 fully saturated rings. The number of carbonyl (C=O) groups excluding carboxylic acids is 1. The van der Waals surface area contributed by atoms with Crippen molar-refractivity contribution in [2.45, 2.75) is 38.8 Å². The minimum atomic E-state index is -0.0602. The third-order valence-electron chi connectivity index (χ3n) is 4.91. The molecule has 3 aromatic rings. The standard InChI is InChI=1S/C20H21N3O2S/c1-22(12-14-8-10-26-13-14)19(24)15-6-7-16-17(11-15)21-18-5-3-2-4-9-23(18)20(16)25/h6-8,10-11,13H,2-5,9,12H2,1H3. The maximum atomic E-state index is 12.8. The number of fused-ring (bicyclic) bond motifs is 2. The van der Waals surface area contributed by atoms with Crippen molar-refractivity contribution in [1.29, 1.82) is 0 Å². The predicted octanol–water partition coefficient (Wildman–Crippen LogP) is 3.46. The Balaban J connectivity index is 1.69. The van der Waals surface area contributed by atoms with E-state index < -0.39 is 0 Å². The van der Waals surface area contributed by atoms with E-state index in [-0.39, 0.29) is 11.5 Å². The van der Waals surface area contributed by atoms with Gasteiger partial charge in [-0.1, -0.05) is 6.42 Å². The Morgan fingerprint density at radius 1 is 1.27 bits per heavy atom. The summed E-state index contributed by atoms with van der Waals surface area (Å²) in [4.78, 5) is 31.9. The Morgan fingerprint density at radius 2 is 2.15 bits per heavy atom. The molecule has 0 radical (unpaired) electrons. The molecule has 0 atom stereocenters. The van der Waals surface area contributed by atoms with Gasteiger partial charge in [-0.05, 0) is 53.4 Å². The molecule has 2 aromatic heterocycles. The summed E-state index contributed by atoms with van der Waals surface area (Å²) in [5.41, 5.74) is 2.32. The Kier molecular flexibility index (Phi) is 4.59. The van der Waals surface area contributed by atoms with Gasteiger partial charge < -0.3 is 4.90 Å². The Hall–Kier alpha value is -2.47. The van der Waals surface area contributed by atoms with Crippen molar-refractivity contribution in [3.63, 3.8) is 0 Å². The van der Waals surface area contributed by atoms with Crippen LogP contribution in [0.2, 0.25) is 0 Å². The molecule has 1 aliphatic rings. The van der Waals surface area contributed by atoms with Crippen LogP contribution >= 0.6 is 11.3 Å². The quantitative estimate of drug-likeness (QED) is 0.712. The third-order valence-corrected chi connectivity index (χ3v) is 5.64. The molecule has 134 valence electrons. The van der Waals surface area contributed by atoms with Crippen LogP contribution in [0.25, 0.3) is 10.9 Å². The van der Waals surface area contributed by atoms with Crippen LogP contribution in [0.15, 0.2) is 39.8 Å². The average Bonchev–Trinajstić information content (AvgIpc) is 3.04. The summed E-state index contributed by atoms with van der Waals surface area (Å²) < 4.78 is 1.81. The van der Waals surface area contributed by atoms with Crippen LogP contribution < -0.4 is 5.56 Å². The van der Waals surface area contributed by atoms with Gasteiger partial charge in [0.1, 0.15) is 5.82 Å². The summed E-state index contributed by atoms with van der Waals surface area (Å²) in [6, 6.07) is 7.26. The molecule has 0 saturated carbocycles. The van der Waals surface area contributed by atoms with Gasteiger partial charge in [-0.15, -0.1) is 0 Å². The lowest BCUT2D eigenvalue weighted by molar-refractivity contribution is 0.0785. The normalized spacial score (nSPS) is 14.0. The number of aryl methyl sites for hydroxylation is 1. The number of amides is 1. The number of nitrogens with zero attached hydrogens (tertiary/aromatic N) is 3. The van der Waals surface area contributed by atoms with Crippen molar-refractivity contribution in [2.75, 3.05) is 7.05 Å². The summed E-state index contributed by atoms with van der Waals surface area (Å²) >= 11 is 1.62. The van der Waals surface area contributed by atoms with Gasteiger partial charge in [0.15, 0.2) is 0 Å². The molecule has 0 aliphatic carbocycles. The van der Waals surface area contributed by atoms with E-state index in [0.717, 1.165) is 43.6 Å². The Morgan fingerprint density at radius 3 is 2.96 bits per heavy atom. The zero-order chi connectivity index (χ0) is 18.1. The molecular formula is C20H21N3O2S. The molecule has 5 nitrogen and oxygen atoms in total. The lowest BCUT2D eigenvalue weighted by Crippen LogP contribution is -2.27. The number of carbonyl (C=O) groups is 1. The molecule has 1 aromatic carbocycles. The van der Waals surface area contributed by atoms with Crippen LogP contribution in [0.5, 0.6) is 0 Å². The molecule has 4 rings (SSSR count). The first-order chi connectivity index (χ1) is 12.6. The van der Waals surface area contributed by atoms with E-state index in [1.807, 2.05) is 16.8 Å². The van der Waals surface area contributed by atoms with Gasteiger partial charge in [-0.2, -0.15) is 11.3 Å². The van der Waals surface area contributed by atoms with Crippen molar-refractivity contribution < 1.29 is 4.79 Å². The van der Waals surface area contributed by atoms with E-state index in [9.17, 15) is 9.59 Å². The van der Waals surface area contributed by atoms with Gasteiger partial charge in [0.25, 0.3) is 11.5 Å². The Labute approximate surface area is 155 Å². The van der Waals surface area contributed by atoms with E-state index in [1.165, 1.54) is 0 Å². The second-order valence-corrected chi connectivity index (χ2v) is 7.60. The minimum Gasteiger partial charge on any atom is -0.337 e. The van der Waals surface area contributed by atoms with Crippen LogP contribution in [-0.4, -0.2) is 27.4 Å². The number of hydrogen-bond acceptors (Lipinski definition) is 4. The van der Waals surface area contributed by atoms with E-state index in [1.54, 1.807) is 46.1 Å². The molecule has 0 spiro atoms. The molecule has 3 heterocycles. The summed E-state index contributed by atoms with van der Waals surface area (Å²) in [5.74, 6) is 0.783. The van der Waals surface area contributed by atoms with Crippen LogP contribution in [-0.2, 0) is 19.5 Å². The fraction of sp³-hybridized carbons (Fsp3) is 0.350. The second kappa shape index (κ2) is 7.03. The second-order valence-electron chi connectivity index (χ2n) is 6.82. The third kappa shape index (κ3) is 3.17. The van der Waals surface area contributed by atoms with Crippen molar-refractivity contribution in [3.05, 3.63) is 62.3 Å². The van der Waals surface area contributed by atoms with Crippen molar-refractivity contribution in [2.24, 2.45) is 0 Å². The zero-order valence-corrected chi connectivity index (χ0v) is 15.6. The highest BCUT2D eigenvalue weighted by atomic mass is 32.1. The van der Waals surface area contributed by atoms with E-state index in [4.69, 9.17) is 4.98 Å². The van der Waals surface area contributed by atoms with E-state index in [2.05, 4.69) is 0 Å². The van der Waals surface area contributed by atoms with Crippen LogP contribution in [0.1, 0.15) is 41.0 Å². The number of thiophene rings is 1. The smallest absolute Gasteiger partial charge is 0.261 e. The molecule has 0 saturated heterocycles. The topological polar surface area (TPSA) is 55.2 Å². The van der Waals surface area contributed by atoms with Gasteiger partial charge in [-0.3, -0.25) is 14.2 Å². The average molecular weight is 367 g/mol. The maximum absolute atomic E-state index is 12.8. The van der Waals surface area contributed by atoms with Gasteiger partial charge in [-0.25, -0.2) is 4.98 Å². The molecule has 0 unspecified atom stereocenters. The molecule has 1 aliphatic heterocycles. The number of aromatic nitrogens is 2. The molecule has 0 N–H and O–H groups in total. The highest BCUT2D eigenvalue weighted by Crippen LogP contribution is 2.18. The van der Waals surface area contributed by atoms with Gasteiger partial charge in [0.2, 0.25) is 0 Å². The zero-order valence-electron chi connectivity index (χ0n) is 14.8. The SMILES string of the molecule is CN(Cc1ccsc1)C(=O)c1ccc2c(=O)n3c(nc2c1)CCCCC3. The number of hydrogen-bond donors (Lipinski definition) is 0. The lowest BCUT2D eigenvalue weighted by Gasteiger charge is -2.17. The largest absolute Gasteiger partial charge is 0.337 e. The number of rotatable bonds is 3. The maximum Gasteiger partial charge on any atom is 0.261 e. The fourth-order valence-corrected chi connectivity index (χ4v) is 4.16. The predicted molar refractivity (Wildman–Crippen MR) is 104 cm³/mol. The number of benzene rings is 1. The highest BCUT2D eigenvalue weighted by molar-refractivity contribution is 7.07. The van der Waals surface area contributed by atoms with Crippen molar-refractivity contribution >= 4 is 28.1 Å². The molecule has 1 amide bonds. The molecule has 6 heteroatoms. The van der Waals surface area contributed by atoms with Gasteiger partial charge in [0, 0.05) is 32.1 Å². The van der Waals surface area contributed by atoms with Crippen LogP contribution in [0, 0.1) is 0 Å². The summed E-state index contributed by atoms with van der Waals surface area (Å²) in [7, 11) is 1.80. The van der Waals surface area contributed by atoms with Crippen LogP contribution in [0.4, 0.5) is 0 Å². The molecule has 26 heavy (non-hydrogen) atoms. The first kappa shape index (κ1) is 17.0. The molecule has 0 bridgehead atoms. The lowest BCUT2D eigenvalue weighted by atomic mass is 10.1.